The van der Waals surface area contributed by atoms with Gasteiger partial charge in [-0.25, -0.2) is 0 Å². The maximum atomic E-state index is 9.00. The average Bonchev–Trinajstić information content (AvgIpc) is 2.30. The highest BCUT2D eigenvalue weighted by Crippen LogP contribution is 2.26. The molecule has 0 aliphatic rings. The van der Waals surface area contributed by atoms with Gasteiger partial charge in [0, 0.05) is 11.8 Å². The molecule has 4 heteroatoms. The van der Waals surface area contributed by atoms with Crippen LogP contribution in [-0.4, -0.2) is 16.8 Å². The van der Waals surface area contributed by atoms with Crippen molar-refractivity contribution in [3.8, 4) is 11.8 Å². The van der Waals surface area contributed by atoms with Gasteiger partial charge in [0.25, 0.3) is 0 Å². The van der Waals surface area contributed by atoms with Crippen molar-refractivity contribution in [1.82, 2.24) is 0 Å². The fourth-order valence-electron chi connectivity index (χ4n) is 1.18. The van der Waals surface area contributed by atoms with Crippen LogP contribution in [0.15, 0.2) is 24.3 Å². The van der Waals surface area contributed by atoms with E-state index >= 15 is 0 Å². The van der Waals surface area contributed by atoms with Crippen LogP contribution in [0.3, 0.4) is 0 Å². The zero-order valence-corrected chi connectivity index (χ0v) is 11.5. The zero-order chi connectivity index (χ0) is 11.3. The van der Waals surface area contributed by atoms with Crippen molar-refractivity contribution in [2.75, 3.05) is 12.4 Å². The van der Waals surface area contributed by atoms with E-state index in [-0.39, 0.29) is 0 Å². The molecule has 1 rings (SSSR count). The van der Waals surface area contributed by atoms with Crippen molar-refractivity contribution in [3.05, 3.63) is 29.8 Å². The van der Waals surface area contributed by atoms with Gasteiger partial charge in [-0.15, -0.1) is 0 Å². The first-order valence-electron chi connectivity index (χ1n) is 4.42. The number of hydrogen-bond acceptors (Lipinski definition) is 2. The van der Waals surface area contributed by atoms with E-state index in [0.29, 0.717) is 11.8 Å². The van der Waals surface area contributed by atoms with Gasteiger partial charge in [-0.1, -0.05) is 44.0 Å². The minimum absolute atomic E-state index is 0.526. The summed E-state index contributed by atoms with van der Waals surface area (Å²) in [5.41, 5.74) is 1.11. The molecule has 1 unspecified atom stereocenters. The van der Waals surface area contributed by atoms with E-state index in [1.807, 2.05) is 24.3 Å². The lowest BCUT2D eigenvalue weighted by Crippen LogP contribution is -2.23. The van der Waals surface area contributed by atoms with Gasteiger partial charge in [0.05, 0.1) is 13.2 Å². The third-order valence-electron chi connectivity index (χ3n) is 2.06. The number of nitrogens with zero attached hydrogens (tertiary/aromatic N) is 1. The molecule has 1 aromatic carbocycles. The summed E-state index contributed by atoms with van der Waals surface area (Å²) >= 11 is 6.74. The van der Waals surface area contributed by atoms with Gasteiger partial charge < -0.3 is 4.74 Å². The summed E-state index contributed by atoms with van der Waals surface area (Å²) in [7, 11) is 1.64. The second-order valence-corrected chi connectivity index (χ2v) is 5.31. The summed E-state index contributed by atoms with van der Waals surface area (Å²) in [6, 6.07) is 9.97. The van der Waals surface area contributed by atoms with Crippen LogP contribution in [0.1, 0.15) is 5.56 Å². The summed E-state index contributed by atoms with van der Waals surface area (Å²) in [6.07, 6.45) is 0.665. The summed E-state index contributed by atoms with van der Waals surface area (Å²) in [5, 5.41) is 9.60. The Balaban J connectivity index is 2.77. The molecule has 0 radical (unpaired) electrons. The van der Waals surface area contributed by atoms with Gasteiger partial charge >= 0.3 is 0 Å². The summed E-state index contributed by atoms with van der Waals surface area (Å²) in [4.78, 5) is 0. The number of ether oxygens (including phenoxy) is 1. The van der Waals surface area contributed by atoms with Crippen LogP contribution in [0.4, 0.5) is 0 Å². The Morgan fingerprint density at radius 3 is 2.40 bits per heavy atom. The van der Waals surface area contributed by atoms with Gasteiger partial charge in [0.1, 0.15) is 10.1 Å². The molecule has 80 valence electrons. The molecule has 2 nitrogen and oxygen atoms in total. The van der Waals surface area contributed by atoms with Crippen LogP contribution in [-0.2, 0) is 6.42 Å². The Kier molecular flexibility index (Phi) is 4.62. The SMILES string of the molecule is COc1ccc(CC(Br)(C#N)CBr)cc1. The molecule has 0 amide bonds. The molecule has 0 aliphatic heterocycles. The first-order chi connectivity index (χ1) is 7.13. The van der Waals surface area contributed by atoms with Gasteiger partial charge in [-0.05, 0) is 17.7 Å². The average molecular weight is 333 g/mol. The predicted molar refractivity (Wildman–Crippen MR) is 67.8 cm³/mol. The highest BCUT2D eigenvalue weighted by Gasteiger charge is 2.25. The zero-order valence-electron chi connectivity index (χ0n) is 8.34. The van der Waals surface area contributed by atoms with Crippen LogP contribution in [0, 0.1) is 11.3 Å². The highest BCUT2D eigenvalue weighted by molar-refractivity contribution is 9.12. The summed E-state index contributed by atoms with van der Waals surface area (Å²) in [6.45, 7) is 0. The lowest BCUT2D eigenvalue weighted by Gasteiger charge is -2.16. The molecule has 0 saturated heterocycles. The number of nitriles is 1. The Bertz CT molecular complexity index is 358. The van der Waals surface area contributed by atoms with Gasteiger partial charge in [-0.3, -0.25) is 0 Å². The standard InChI is InChI=1S/C11H11Br2NO/c1-15-10-4-2-9(3-5-10)6-11(13,7-12)8-14/h2-5H,6-7H2,1H3. The number of halogens is 2. The normalized spacial score (nSPS) is 14.0. The number of rotatable bonds is 4. The van der Waals surface area contributed by atoms with Crippen molar-refractivity contribution >= 4 is 31.9 Å². The first-order valence-corrected chi connectivity index (χ1v) is 6.34. The van der Waals surface area contributed by atoms with E-state index in [4.69, 9.17) is 10.00 Å². The van der Waals surface area contributed by atoms with Crippen molar-refractivity contribution in [2.45, 2.75) is 10.7 Å². The van der Waals surface area contributed by atoms with E-state index in [0.717, 1.165) is 11.3 Å². The van der Waals surface area contributed by atoms with Gasteiger partial charge in [-0.2, -0.15) is 5.26 Å². The van der Waals surface area contributed by atoms with E-state index < -0.39 is 4.32 Å². The highest BCUT2D eigenvalue weighted by atomic mass is 79.9. The lowest BCUT2D eigenvalue weighted by atomic mass is 10.0. The molecule has 0 saturated carbocycles. The van der Waals surface area contributed by atoms with E-state index in [1.54, 1.807) is 7.11 Å². The third kappa shape index (κ3) is 3.51. The van der Waals surface area contributed by atoms with Crippen molar-refractivity contribution < 1.29 is 4.74 Å². The molecule has 1 atom stereocenters. The molecule has 0 aromatic heterocycles. The molecule has 0 spiro atoms. The van der Waals surface area contributed by atoms with Crippen LogP contribution in [0.2, 0.25) is 0 Å². The number of methoxy groups -OCH3 is 1. The molecular weight excluding hydrogens is 322 g/mol. The van der Waals surface area contributed by atoms with Crippen LogP contribution in [0.5, 0.6) is 5.75 Å². The second-order valence-electron chi connectivity index (χ2n) is 3.24. The molecule has 15 heavy (non-hydrogen) atoms. The van der Waals surface area contributed by atoms with Crippen LogP contribution >= 0.6 is 31.9 Å². The minimum atomic E-state index is -0.526. The summed E-state index contributed by atoms with van der Waals surface area (Å²) in [5.74, 6) is 0.828. The number of benzene rings is 1. The van der Waals surface area contributed by atoms with Crippen molar-refractivity contribution in [3.63, 3.8) is 0 Å². The number of alkyl halides is 2. The molecule has 0 heterocycles. The van der Waals surface area contributed by atoms with Crippen molar-refractivity contribution in [2.24, 2.45) is 0 Å². The molecular formula is C11H11Br2NO. The molecule has 0 N–H and O–H groups in total. The first kappa shape index (κ1) is 12.5. The Morgan fingerprint density at radius 1 is 1.40 bits per heavy atom. The minimum Gasteiger partial charge on any atom is -0.497 e. The van der Waals surface area contributed by atoms with E-state index in [1.165, 1.54) is 0 Å². The molecule has 0 fully saturated rings. The smallest absolute Gasteiger partial charge is 0.126 e. The molecule has 0 aliphatic carbocycles. The van der Waals surface area contributed by atoms with Crippen LogP contribution in [0.25, 0.3) is 0 Å². The van der Waals surface area contributed by atoms with Gasteiger partial charge in [0.2, 0.25) is 0 Å². The summed E-state index contributed by atoms with van der Waals surface area (Å²) < 4.78 is 4.54. The largest absolute Gasteiger partial charge is 0.497 e. The fourth-order valence-corrected chi connectivity index (χ4v) is 1.83. The maximum absolute atomic E-state index is 9.00. The lowest BCUT2D eigenvalue weighted by molar-refractivity contribution is 0.414. The topological polar surface area (TPSA) is 33.0 Å². The fraction of sp³-hybridized carbons (Fsp3) is 0.364. The second kappa shape index (κ2) is 5.53. The van der Waals surface area contributed by atoms with E-state index in [2.05, 4.69) is 37.9 Å². The number of hydrogen-bond donors (Lipinski definition) is 0. The monoisotopic (exact) mass is 331 g/mol. The maximum Gasteiger partial charge on any atom is 0.126 e. The third-order valence-corrected chi connectivity index (χ3v) is 4.50. The van der Waals surface area contributed by atoms with Crippen molar-refractivity contribution in [1.29, 1.82) is 5.26 Å². The Hall–Kier alpha value is -0.530. The van der Waals surface area contributed by atoms with Crippen LogP contribution < -0.4 is 4.74 Å². The quantitative estimate of drug-likeness (QED) is 0.793. The molecule has 0 bridgehead atoms. The molecule has 1 aromatic rings. The van der Waals surface area contributed by atoms with Gasteiger partial charge in [0.15, 0.2) is 0 Å². The Labute approximate surface area is 106 Å². The van der Waals surface area contributed by atoms with E-state index in [9.17, 15) is 0 Å². The Morgan fingerprint density at radius 2 is 2.00 bits per heavy atom. The predicted octanol–water partition coefficient (Wildman–Crippen LogP) is 3.29.